The molecule has 1 unspecified atom stereocenters. The maximum absolute atomic E-state index is 12.3. The zero-order valence-electron chi connectivity index (χ0n) is 14.4. The van der Waals surface area contributed by atoms with Crippen LogP contribution in [0.15, 0.2) is 24.3 Å². The molecule has 0 saturated carbocycles. The first-order valence-electron chi connectivity index (χ1n) is 9.22. The standard InChI is InChI=1S/C20H31NO2/c1-2-3-4-5-6-7-8-16-9-11-17(12-10-16)20(23)14-18-13-19(22)15-21-18/h9-12,18-19,21-22H,2-8,13-15H2,1H3/t18?,19-/m1/s1. The van der Waals surface area contributed by atoms with Crippen molar-refractivity contribution in [2.45, 2.75) is 76.9 Å². The molecule has 2 N–H and O–H groups in total. The number of carbonyl (C=O) groups excluding carboxylic acids is 1. The van der Waals surface area contributed by atoms with Gasteiger partial charge in [0.1, 0.15) is 0 Å². The number of β-amino-alcohol motifs (C(OH)–C–C–N with tert-alkyl or cyclic N) is 1. The van der Waals surface area contributed by atoms with E-state index in [0.29, 0.717) is 19.4 Å². The predicted octanol–water partition coefficient (Wildman–Crippen LogP) is 3.89. The van der Waals surface area contributed by atoms with E-state index >= 15 is 0 Å². The molecule has 1 aliphatic heterocycles. The number of aliphatic hydroxyl groups excluding tert-OH is 1. The summed E-state index contributed by atoms with van der Waals surface area (Å²) in [6.07, 6.45) is 9.85. The molecular weight excluding hydrogens is 286 g/mol. The van der Waals surface area contributed by atoms with Gasteiger partial charge >= 0.3 is 0 Å². The van der Waals surface area contributed by atoms with Crippen LogP contribution in [0, 0.1) is 0 Å². The summed E-state index contributed by atoms with van der Waals surface area (Å²) in [5.74, 6) is 0.169. The molecule has 23 heavy (non-hydrogen) atoms. The molecule has 0 aliphatic carbocycles. The van der Waals surface area contributed by atoms with Crippen LogP contribution >= 0.6 is 0 Å². The van der Waals surface area contributed by atoms with Crippen molar-refractivity contribution < 1.29 is 9.90 Å². The van der Waals surface area contributed by atoms with Gasteiger partial charge in [-0.2, -0.15) is 0 Å². The SMILES string of the molecule is CCCCCCCCc1ccc(C(=O)CC2C[C@@H](O)CN2)cc1. The Kier molecular flexibility index (Phi) is 7.77. The number of aryl methyl sites for hydroxylation is 1. The van der Waals surface area contributed by atoms with Gasteiger partial charge in [0.25, 0.3) is 0 Å². The Labute approximate surface area is 140 Å². The second kappa shape index (κ2) is 9.84. The van der Waals surface area contributed by atoms with Gasteiger partial charge in [0.15, 0.2) is 5.78 Å². The molecule has 1 aromatic rings. The second-order valence-electron chi connectivity index (χ2n) is 6.84. The Balaban J connectivity index is 1.70. The van der Waals surface area contributed by atoms with Crippen LogP contribution in [0.5, 0.6) is 0 Å². The first-order chi connectivity index (χ1) is 11.2. The normalized spacial score (nSPS) is 20.8. The van der Waals surface area contributed by atoms with Gasteiger partial charge in [-0.25, -0.2) is 0 Å². The van der Waals surface area contributed by atoms with Gasteiger partial charge < -0.3 is 10.4 Å². The molecule has 1 heterocycles. The van der Waals surface area contributed by atoms with Crippen LogP contribution in [-0.2, 0) is 6.42 Å². The van der Waals surface area contributed by atoms with Crippen molar-refractivity contribution in [1.82, 2.24) is 5.32 Å². The van der Waals surface area contributed by atoms with Crippen molar-refractivity contribution in [2.24, 2.45) is 0 Å². The monoisotopic (exact) mass is 317 g/mol. The van der Waals surface area contributed by atoms with Gasteiger partial charge in [0.05, 0.1) is 6.10 Å². The van der Waals surface area contributed by atoms with Gasteiger partial charge in [-0.15, -0.1) is 0 Å². The number of unbranched alkanes of at least 4 members (excludes halogenated alkanes) is 5. The van der Waals surface area contributed by atoms with Gasteiger partial charge in [-0.3, -0.25) is 4.79 Å². The molecule has 0 bridgehead atoms. The van der Waals surface area contributed by atoms with Crippen LogP contribution in [0.4, 0.5) is 0 Å². The van der Waals surface area contributed by atoms with Crippen molar-refractivity contribution in [1.29, 1.82) is 0 Å². The number of hydrogen-bond donors (Lipinski definition) is 2. The van der Waals surface area contributed by atoms with Crippen molar-refractivity contribution in [3.63, 3.8) is 0 Å². The molecule has 1 aromatic carbocycles. The lowest BCUT2D eigenvalue weighted by molar-refractivity contribution is 0.0969. The summed E-state index contributed by atoms with van der Waals surface area (Å²) in [7, 11) is 0. The van der Waals surface area contributed by atoms with E-state index in [9.17, 15) is 9.90 Å². The van der Waals surface area contributed by atoms with E-state index in [0.717, 1.165) is 12.0 Å². The topological polar surface area (TPSA) is 49.3 Å². The van der Waals surface area contributed by atoms with Crippen molar-refractivity contribution in [3.8, 4) is 0 Å². The minimum Gasteiger partial charge on any atom is -0.392 e. The molecule has 1 fully saturated rings. The van der Waals surface area contributed by atoms with Gasteiger partial charge in [0.2, 0.25) is 0 Å². The molecule has 0 amide bonds. The van der Waals surface area contributed by atoms with Crippen LogP contribution in [0.3, 0.4) is 0 Å². The van der Waals surface area contributed by atoms with E-state index in [1.165, 1.54) is 44.1 Å². The molecule has 0 spiro atoms. The summed E-state index contributed by atoms with van der Waals surface area (Å²) in [5, 5.41) is 12.7. The summed E-state index contributed by atoms with van der Waals surface area (Å²) >= 11 is 0. The van der Waals surface area contributed by atoms with E-state index in [1.807, 2.05) is 12.1 Å². The minimum absolute atomic E-state index is 0.125. The highest BCUT2D eigenvalue weighted by atomic mass is 16.3. The number of ketones is 1. The molecule has 0 aromatic heterocycles. The zero-order valence-corrected chi connectivity index (χ0v) is 14.4. The van der Waals surface area contributed by atoms with Crippen molar-refractivity contribution in [3.05, 3.63) is 35.4 Å². The fourth-order valence-corrected chi connectivity index (χ4v) is 3.26. The Bertz CT molecular complexity index is 469. The van der Waals surface area contributed by atoms with Crippen LogP contribution in [0.1, 0.15) is 74.2 Å². The summed E-state index contributed by atoms with van der Waals surface area (Å²) in [4.78, 5) is 12.3. The van der Waals surface area contributed by atoms with Crippen LogP contribution in [0.2, 0.25) is 0 Å². The molecule has 1 saturated heterocycles. The molecule has 1 aliphatic rings. The average Bonchev–Trinajstić information content (AvgIpc) is 2.96. The lowest BCUT2D eigenvalue weighted by Gasteiger charge is -2.09. The molecule has 3 heteroatoms. The highest BCUT2D eigenvalue weighted by Gasteiger charge is 2.24. The van der Waals surface area contributed by atoms with Gasteiger partial charge in [-0.05, 0) is 24.8 Å². The summed E-state index contributed by atoms with van der Waals surface area (Å²) in [6, 6.07) is 8.23. The quantitative estimate of drug-likeness (QED) is 0.508. The molecular formula is C20H31NO2. The number of rotatable bonds is 10. The maximum Gasteiger partial charge on any atom is 0.164 e. The Hall–Kier alpha value is -1.19. The third-order valence-corrected chi connectivity index (χ3v) is 4.73. The first-order valence-corrected chi connectivity index (χ1v) is 9.22. The average molecular weight is 317 g/mol. The second-order valence-corrected chi connectivity index (χ2v) is 6.84. The van der Waals surface area contributed by atoms with E-state index < -0.39 is 0 Å². The van der Waals surface area contributed by atoms with E-state index in [2.05, 4.69) is 24.4 Å². The minimum atomic E-state index is -0.299. The number of aliphatic hydroxyl groups is 1. The fourth-order valence-electron chi connectivity index (χ4n) is 3.26. The van der Waals surface area contributed by atoms with Gasteiger partial charge in [-0.1, -0.05) is 63.3 Å². The molecule has 2 rings (SSSR count). The molecule has 0 radical (unpaired) electrons. The fraction of sp³-hybridized carbons (Fsp3) is 0.650. The lowest BCUT2D eigenvalue weighted by atomic mass is 9.99. The van der Waals surface area contributed by atoms with Crippen LogP contribution in [0.25, 0.3) is 0 Å². The third-order valence-electron chi connectivity index (χ3n) is 4.73. The zero-order chi connectivity index (χ0) is 16.5. The summed E-state index contributed by atoms with van der Waals surface area (Å²) in [6.45, 7) is 2.85. The Morgan fingerprint density at radius 2 is 1.83 bits per heavy atom. The number of hydrogen-bond acceptors (Lipinski definition) is 3. The number of Topliss-reactive ketones (excluding diaryl/α,β-unsaturated/α-hetero) is 1. The van der Waals surface area contributed by atoms with E-state index in [4.69, 9.17) is 0 Å². The maximum atomic E-state index is 12.3. The van der Waals surface area contributed by atoms with Crippen molar-refractivity contribution in [2.75, 3.05) is 6.54 Å². The largest absolute Gasteiger partial charge is 0.392 e. The first kappa shape index (κ1) is 18.2. The Morgan fingerprint density at radius 1 is 1.13 bits per heavy atom. The summed E-state index contributed by atoms with van der Waals surface area (Å²) < 4.78 is 0. The number of nitrogens with one attached hydrogen (secondary N) is 1. The Morgan fingerprint density at radius 3 is 2.48 bits per heavy atom. The van der Waals surface area contributed by atoms with E-state index in [1.54, 1.807) is 0 Å². The lowest BCUT2D eigenvalue weighted by Crippen LogP contribution is -2.24. The molecule has 3 nitrogen and oxygen atoms in total. The van der Waals surface area contributed by atoms with Gasteiger partial charge in [0, 0.05) is 24.6 Å². The van der Waals surface area contributed by atoms with Crippen LogP contribution < -0.4 is 5.32 Å². The van der Waals surface area contributed by atoms with Crippen LogP contribution in [-0.4, -0.2) is 29.6 Å². The highest BCUT2D eigenvalue weighted by Crippen LogP contribution is 2.15. The van der Waals surface area contributed by atoms with E-state index in [-0.39, 0.29) is 17.9 Å². The molecule has 2 atom stereocenters. The number of benzene rings is 1. The predicted molar refractivity (Wildman–Crippen MR) is 94.9 cm³/mol. The molecule has 128 valence electrons. The van der Waals surface area contributed by atoms with Crippen molar-refractivity contribution >= 4 is 5.78 Å². The summed E-state index contributed by atoms with van der Waals surface area (Å²) in [5.41, 5.74) is 2.12. The number of carbonyl (C=O) groups is 1. The highest BCUT2D eigenvalue weighted by molar-refractivity contribution is 5.96. The third kappa shape index (κ3) is 6.44. The smallest absolute Gasteiger partial charge is 0.164 e.